The maximum atomic E-state index is 5.36. The average molecular weight is 314 g/mol. The lowest BCUT2D eigenvalue weighted by Gasteiger charge is -2.08. The largest absolute Gasteiger partial charge is 0.493 e. The molecule has 0 amide bonds. The maximum absolute atomic E-state index is 5.36. The quantitative estimate of drug-likeness (QED) is 0.696. The molecule has 7 heteroatoms. The summed E-state index contributed by atoms with van der Waals surface area (Å²) in [4.78, 5) is 8.49. The summed E-state index contributed by atoms with van der Waals surface area (Å²) in [5, 5.41) is 4.05. The van der Waals surface area contributed by atoms with Crippen LogP contribution >= 0.6 is 0 Å². The minimum absolute atomic E-state index is 0.0517. The number of rotatable bonds is 6. The topological polar surface area (TPSA) is 75.2 Å². The molecule has 0 bridgehead atoms. The van der Waals surface area contributed by atoms with E-state index in [0.29, 0.717) is 29.6 Å². The van der Waals surface area contributed by atoms with Gasteiger partial charge in [0.15, 0.2) is 17.3 Å². The van der Waals surface area contributed by atoms with Gasteiger partial charge in [0.05, 0.1) is 20.5 Å². The molecule has 3 rings (SSSR count). The van der Waals surface area contributed by atoms with Gasteiger partial charge in [-0.1, -0.05) is 11.2 Å². The lowest BCUT2D eigenvalue weighted by atomic mass is 10.1. The van der Waals surface area contributed by atoms with E-state index in [1.807, 2.05) is 35.9 Å². The van der Waals surface area contributed by atoms with Gasteiger partial charge < -0.3 is 18.6 Å². The van der Waals surface area contributed by atoms with Crippen molar-refractivity contribution in [2.45, 2.75) is 19.4 Å². The molecule has 1 atom stereocenters. The lowest BCUT2D eigenvalue weighted by Crippen LogP contribution is -2.04. The third kappa shape index (κ3) is 3.18. The molecular weight excluding hydrogens is 296 g/mol. The van der Waals surface area contributed by atoms with Crippen molar-refractivity contribution < 1.29 is 14.0 Å². The molecule has 0 N–H and O–H groups in total. The number of benzene rings is 1. The highest BCUT2D eigenvalue weighted by Crippen LogP contribution is 2.28. The molecule has 0 aliphatic rings. The van der Waals surface area contributed by atoms with Crippen molar-refractivity contribution >= 4 is 0 Å². The Balaban J connectivity index is 1.76. The van der Waals surface area contributed by atoms with Crippen molar-refractivity contribution in [2.75, 3.05) is 14.2 Å². The van der Waals surface area contributed by atoms with E-state index in [0.717, 1.165) is 5.56 Å². The number of imidazole rings is 1. The van der Waals surface area contributed by atoms with Gasteiger partial charge in [-0.05, 0) is 24.6 Å². The number of ether oxygens (including phenoxy) is 2. The van der Waals surface area contributed by atoms with Crippen molar-refractivity contribution in [1.29, 1.82) is 0 Å². The smallest absolute Gasteiger partial charge is 0.249 e. The summed E-state index contributed by atoms with van der Waals surface area (Å²) in [6.07, 6.45) is 5.86. The van der Waals surface area contributed by atoms with Gasteiger partial charge in [-0.15, -0.1) is 0 Å². The molecule has 1 aromatic carbocycles. The second kappa shape index (κ2) is 6.51. The normalized spacial score (nSPS) is 12.1. The molecule has 3 aromatic rings. The fourth-order valence-electron chi connectivity index (χ4n) is 2.31. The van der Waals surface area contributed by atoms with Crippen molar-refractivity contribution in [1.82, 2.24) is 19.7 Å². The molecule has 0 fully saturated rings. The summed E-state index contributed by atoms with van der Waals surface area (Å²) in [6.45, 7) is 1.98. The van der Waals surface area contributed by atoms with E-state index in [2.05, 4.69) is 15.1 Å². The molecule has 120 valence electrons. The van der Waals surface area contributed by atoms with Gasteiger partial charge in [0, 0.05) is 18.8 Å². The van der Waals surface area contributed by atoms with Crippen molar-refractivity contribution in [3.63, 3.8) is 0 Å². The summed E-state index contributed by atoms with van der Waals surface area (Å²) in [7, 11) is 3.22. The van der Waals surface area contributed by atoms with Crippen LogP contribution in [0.1, 0.15) is 30.2 Å². The summed E-state index contributed by atoms with van der Waals surface area (Å²) >= 11 is 0. The molecule has 23 heavy (non-hydrogen) atoms. The van der Waals surface area contributed by atoms with E-state index in [1.54, 1.807) is 26.7 Å². The Hall–Kier alpha value is -2.83. The molecule has 0 saturated heterocycles. The average Bonchev–Trinajstić information content (AvgIpc) is 3.26. The van der Waals surface area contributed by atoms with Gasteiger partial charge in [0.2, 0.25) is 5.89 Å². The molecule has 0 radical (unpaired) electrons. The minimum atomic E-state index is -0.0517. The second-order valence-corrected chi connectivity index (χ2v) is 5.10. The first-order chi connectivity index (χ1) is 11.2. The fraction of sp³-hybridized carbons (Fsp3) is 0.312. The summed E-state index contributed by atoms with van der Waals surface area (Å²) < 4.78 is 17.8. The van der Waals surface area contributed by atoms with E-state index in [1.165, 1.54) is 0 Å². The first-order valence-electron chi connectivity index (χ1n) is 7.22. The summed E-state index contributed by atoms with van der Waals surface area (Å²) in [6, 6.07) is 5.68. The van der Waals surface area contributed by atoms with Crippen molar-refractivity contribution in [3.05, 3.63) is 54.2 Å². The highest BCUT2D eigenvalue weighted by Gasteiger charge is 2.16. The first-order valence-corrected chi connectivity index (χ1v) is 7.22. The third-order valence-electron chi connectivity index (χ3n) is 3.62. The zero-order valence-electron chi connectivity index (χ0n) is 13.3. The molecule has 0 aliphatic carbocycles. The van der Waals surface area contributed by atoms with Gasteiger partial charge in [-0.2, -0.15) is 4.98 Å². The van der Waals surface area contributed by atoms with Gasteiger partial charge in [0.1, 0.15) is 6.04 Å². The SMILES string of the molecule is COc1ccc(Cc2noc([C@H](C)n3ccnc3)n2)cc1OC. The number of aromatic nitrogens is 4. The summed E-state index contributed by atoms with van der Waals surface area (Å²) in [5.41, 5.74) is 1.02. The molecule has 0 aliphatic heterocycles. The zero-order valence-corrected chi connectivity index (χ0v) is 13.3. The van der Waals surface area contributed by atoms with E-state index >= 15 is 0 Å². The van der Waals surface area contributed by atoms with E-state index < -0.39 is 0 Å². The number of hydrogen-bond acceptors (Lipinski definition) is 6. The van der Waals surface area contributed by atoms with E-state index in [-0.39, 0.29) is 6.04 Å². The second-order valence-electron chi connectivity index (χ2n) is 5.10. The predicted octanol–water partition coefficient (Wildman–Crippen LogP) is 2.48. The van der Waals surface area contributed by atoms with E-state index in [9.17, 15) is 0 Å². The number of methoxy groups -OCH3 is 2. The highest BCUT2D eigenvalue weighted by molar-refractivity contribution is 5.43. The van der Waals surface area contributed by atoms with Crippen molar-refractivity contribution in [2.24, 2.45) is 0 Å². The Kier molecular flexibility index (Phi) is 4.27. The Labute approximate surface area is 133 Å². The van der Waals surface area contributed by atoms with Crippen LogP contribution in [0.4, 0.5) is 0 Å². The molecule has 0 unspecified atom stereocenters. The summed E-state index contributed by atoms with van der Waals surface area (Å²) in [5.74, 6) is 2.55. The van der Waals surface area contributed by atoms with Crippen LogP contribution < -0.4 is 9.47 Å². The van der Waals surface area contributed by atoms with Gasteiger partial charge in [-0.25, -0.2) is 4.98 Å². The Morgan fingerprint density at radius 1 is 1.22 bits per heavy atom. The molecule has 2 aromatic heterocycles. The van der Waals surface area contributed by atoms with Crippen LogP contribution in [0.2, 0.25) is 0 Å². The number of hydrogen-bond donors (Lipinski definition) is 0. The standard InChI is InChI=1S/C16H18N4O3/c1-11(20-7-6-17-10-20)16-18-15(19-23-16)9-12-4-5-13(21-2)14(8-12)22-3/h4-8,10-11H,9H2,1-3H3/t11-/m0/s1. The van der Waals surface area contributed by atoms with Gasteiger partial charge in [0.25, 0.3) is 0 Å². The Morgan fingerprint density at radius 2 is 2.04 bits per heavy atom. The van der Waals surface area contributed by atoms with Crippen LogP contribution in [0.25, 0.3) is 0 Å². The zero-order chi connectivity index (χ0) is 16.2. The third-order valence-corrected chi connectivity index (χ3v) is 3.62. The van der Waals surface area contributed by atoms with Crippen LogP contribution in [0.5, 0.6) is 11.5 Å². The maximum Gasteiger partial charge on any atom is 0.249 e. The predicted molar refractivity (Wildman–Crippen MR) is 82.7 cm³/mol. The van der Waals surface area contributed by atoms with Crippen LogP contribution in [0.3, 0.4) is 0 Å². The first kappa shape index (κ1) is 15.1. The Morgan fingerprint density at radius 3 is 2.74 bits per heavy atom. The molecule has 2 heterocycles. The lowest BCUT2D eigenvalue weighted by molar-refractivity contribution is 0.342. The molecule has 7 nitrogen and oxygen atoms in total. The molecule has 0 spiro atoms. The highest BCUT2D eigenvalue weighted by atomic mass is 16.5. The van der Waals surface area contributed by atoms with Crippen LogP contribution in [0.15, 0.2) is 41.4 Å². The number of nitrogens with zero attached hydrogens (tertiary/aromatic N) is 4. The minimum Gasteiger partial charge on any atom is -0.493 e. The van der Waals surface area contributed by atoms with Crippen molar-refractivity contribution in [3.8, 4) is 11.5 Å². The van der Waals surface area contributed by atoms with Crippen LogP contribution in [-0.2, 0) is 6.42 Å². The van der Waals surface area contributed by atoms with E-state index in [4.69, 9.17) is 14.0 Å². The van der Waals surface area contributed by atoms with Crippen LogP contribution in [-0.4, -0.2) is 33.9 Å². The molecule has 0 saturated carbocycles. The fourth-order valence-corrected chi connectivity index (χ4v) is 2.31. The Bertz CT molecular complexity index is 767. The monoisotopic (exact) mass is 314 g/mol. The van der Waals surface area contributed by atoms with Crippen LogP contribution in [0, 0.1) is 0 Å². The molecular formula is C16H18N4O3. The van der Waals surface area contributed by atoms with Gasteiger partial charge >= 0.3 is 0 Å². The van der Waals surface area contributed by atoms with Gasteiger partial charge in [-0.3, -0.25) is 0 Å².